The van der Waals surface area contributed by atoms with Crippen LogP contribution in [0.15, 0.2) is 42.1 Å². The van der Waals surface area contributed by atoms with Crippen LogP contribution in [0.2, 0.25) is 0 Å². The van der Waals surface area contributed by atoms with Crippen LogP contribution in [0.3, 0.4) is 0 Å². The van der Waals surface area contributed by atoms with Crippen molar-refractivity contribution in [1.82, 2.24) is 5.32 Å². The van der Waals surface area contributed by atoms with Crippen LogP contribution in [0.1, 0.15) is 17.3 Å². The van der Waals surface area contributed by atoms with Crippen LogP contribution in [-0.4, -0.2) is 48.8 Å². The summed E-state index contributed by atoms with van der Waals surface area (Å²) in [6, 6.07) is 4.29. The molecule has 0 saturated heterocycles. The normalized spacial score (nSPS) is 22.8. The lowest BCUT2D eigenvalue weighted by molar-refractivity contribution is -0.216. The number of benzene rings is 1. The quantitative estimate of drug-likeness (QED) is 0.679. The summed E-state index contributed by atoms with van der Waals surface area (Å²) in [6.45, 7) is 2.07. The van der Waals surface area contributed by atoms with Crippen molar-refractivity contribution in [2.75, 3.05) is 20.8 Å². The van der Waals surface area contributed by atoms with Gasteiger partial charge in [-0.1, -0.05) is 0 Å². The lowest BCUT2D eigenvalue weighted by atomic mass is 10.0. The summed E-state index contributed by atoms with van der Waals surface area (Å²) in [5.41, 5.74) is 0.779. The monoisotopic (exact) mass is 335 g/mol. The van der Waals surface area contributed by atoms with Gasteiger partial charge in [-0.05, 0) is 43.4 Å². The Morgan fingerprint density at radius 1 is 1.38 bits per heavy atom. The number of carbonyl (C=O) groups excluding carboxylic acids is 1. The average molecular weight is 335 g/mol. The molecule has 24 heavy (non-hydrogen) atoms. The molecule has 0 saturated carbocycles. The van der Waals surface area contributed by atoms with E-state index in [-0.39, 0.29) is 17.4 Å². The number of aliphatic hydroxyl groups is 1. The average Bonchev–Trinajstić information content (AvgIpc) is 2.57. The molecule has 0 radical (unpaired) electrons. The minimum absolute atomic E-state index is 0.0490. The maximum Gasteiger partial charge on any atom is 0.255 e. The third-order valence-corrected chi connectivity index (χ3v) is 3.57. The second kappa shape index (κ2) is 7.48. The van der Waals surface area contributed by atoms with E-state index < -0.39 is 11.9 Å². The molecule has 2 unspecified atom stereocenters. The Morgan fingerprint density at radius 3 is 2.75 bits per heavy atom. The van der Waals surface area contributed by atoms with Crippen LogP contribution >= 0.6 is 0 Å². The number of rotatable bonds is 6. The number of carbonyl (C=O) groups is 1. The van der Waals surface area contributed by atoms with Gasteiger partial charge < -0.3 is 29.7 Å². The highest BCUT2D eigenvalue weighted by molar-refractivity contribution is 5.96. The van der Waals surface area contributed by atoms with Gasteiger partial charge in [0.05, 0.1) is 7.11 Å². The molecule has 0 aromatic heterocycles. The number of methoxy groups -OCH3 is 2. The zero-order chi connectivity index (χ0) is 17.7. The molecule has 0 heterocycles. The van der Waals surface area contributed by atoms with Crippen molar-refractivity contribution in [2.45, 2.75) is 18.8 Å². The zero-order valence-electron chi connectivity index (χ0n) is 13.8. The van der Waals surface area contributed by atoms with Gasteiger partial charge in [-0.15, -0.1) is 0 Å². The molecule has 1 aromatic rings. The van der Waals surface area contributed by atoms with Crippen molar-refractivity contribution >= 4 is 5.91 Å². The van der Waals surface area contributed by atoms with Crippen molar-refractivity contribution in [3.8, 4) is 11.5 Å². The first-order valence-electron chi connectivity index (χ1n) is 7.42. The molecule has 0 aliphatic heterocycles. The fourth-order valence-corrected chi connectivity index (χ4v) is 2.35. The van der Waals surface area contributed by atoms with Crippen molar-refractivity contribution in [1.29, 1.82) is 0 Å². The summed E-state index contributed by atoms with van der Waals surface area (Å²) < 4.78 is 15.5. The summed E-state index contributed by atoms with van der Waals surface area (Å²) in [5, 5.41) is 22.6. The Hall–Kier alpha value is -2.35. The van der Waals surface area contributed by atoms with Gasteiger partial charge in [-0.2, -0.15) is 0 Å². The number of phenolic OH excluding ortho intramolecular Hbond substituents is 1. The van der Waals surface area contributed by atoms with Crippen molar-refractivity contribution in [2.24, 2.45) is 0 Å². The number of hydrogen-bond donors (Lipinski definition) is 3. The van der Waals surface area contributed by atoms with Crippen LogP contribution in [0.5, 0.6) is 11.5 Å². The first-order valence-corrected chi connectivity index (χ1v) is 7.42. The van der Waals surface area contributed by atoms with E-state index in [0.29, 0.717) is 17.9 Å². The van der Waals surface area contributed by atoms with E-state index in [1.54, 1.807) is 19.1 Å². The Kier molecular flexibility index (Phi) is 5.61. The molecule has 0 bridgehead atoms. The molecule has 1 aliphatic rings. The van der Waals surface area contributed by atoms with E-state index in [0.717, 1.165) is 0 Å². The van der Waals surface area contributed by atoms with Gasteiger partial charge >= 0.3 is 0 Å². The third kappa shape index (κ3) is 3.76. The largest absolute Gasteiger partial charge is 0.504 e. The Balaban J connectivity index is 2.15. The molecule has 0 fully saturated rings. The first kappa shape index (κ1) is 18.0. The topological polar surface area (TPSA) is 97.3 Å². The van der Waals surface area contributed by atoms with Crippen LogP contribution in [-0.2, 0) is 9.47 Å². The maximum absolute atomic E-state index is 12.3. The molecule has 0 spiro atoms. The number of aromatic hydroxyl groups is 1. The van der Waals surface area contributed by atoms with E-state index in [2.05, 4.69) is 5.32 Å². The third-order valence-electron chi connectivity index (χ3n) is 3.57. The zero-order valence-corrected chi connectivity index (χ0v) is 13.8. The first-order chi connectivity index (χ1) is 11.4. The lowest BCUT2D eigenvalue weighted by Crippen LogP contribution is -2.45. The van der Waals surface area contributed by atoms with E-state index in [4.69, 9.17) is 14.2 Å². The molecule has 2 atom stereocenters. The Morgan fingerprint density at radius 2 is 2.12 bits per heavy atom. The fourth-order valence-electron chi connectivity index (χ4n) is 2.35. The predicted molar refractivity (Wildman–Crippen MR) is 86.7 cm³/mol. The molecule has 7 nitrogen and oxygen atoms in total. The van der Waals surface area contributed by atoms with Crippen LogP contribution in [0.25, 0.3) is 0 Å². The summed E-state index contributed by atoms with van der Waals surface area (Å²) in [5.74, 6) is -1.80. The Labute approximate surface area is 140 Å². The number of hydrogen-bond acceptors (Lipinski definition) is 6. The summed E-state index contributed by atoms with van der Waals surface area (Å²) in [6.07, 6.45) is 3.77. The number of allylic oxidation sites excluding steroid dienone is 1. The van der Waals surface area contributed by atoms with Crippen molar-refractivity contribution < 1.29 is 29.2 Å². The van der Waals surface area contributed by atoms with Crippen LogP contribution in [0.4, 0.5) is 0 Å². The van der Waals surface area contributed by atoms with Crippen LogP contribution < -0.4 is 10.1 Å². The van der Waals surface area contributed by atoms with Gasteiger partial charge in [0, 0.05) is 25.0 Å². The number of ether oxygens (including phenoxy) is 3. The molecular weight excluding hydrogens is 314 g/mol. The number of nitrogens with one attached hydrogen (secondary N) is 1. The van der Waals surface area contributed by atoms with Crippen molar-refractivity contribution in [3.05, 3.63) is 47.7 Å². The van der Waals surface area contributed by atoms with Gasteiger partial charge in [0.25, 0.3) is 5.91 Å². The minimum atomic E-state index is -1.57. The smallest absolute Gasteiger partial charge is 0.255 e. The van der Waals surface area contributed by atoms with Gasteiger partial charge in [0.1, 0.15) is 6.10 Å². The molecule has 1 aromatic carbocycles. The highest BCUT2D eigenvalue weighted by Crippen LogP contribution is 2.27. The van der Waals surface area contributed by atoms with Gasteiger partial charge in [-0.25, -0.2) is 0 Å². The predicted octanol–water partition coefficient (Wildman–Crippen LogP) is 1.32. The van der Waals surface area contributed by atoms with E-state index in [9.17, 15) is 15.0 Å². The summed E-state index contributed by atoms with van der Waals surface area (Å²) in [4.78, 5) is 12.3. The van der Waals surface area contributed by atoms with Crippen LogP contribution in [0, 0.1) is 0 Å². The fraction of sp³-hybridized carbons (Fsp3) is 0.353. The van der Waals surface area contributed by atoms with E-state index in [1.807, 2.05) is 0 Å². The van der Waals surface area contributed by atoms with E-state index >= 15 is 0 Å². The molecule has 7 heteroatoms. The number of phenols is 1. The second-order valence-corrected chi connectivity index (χ2v) is 5.14. The molecular formula is C17H21NO6. The maximum atomic E-state index is 12.3. The van der Waals surface area contributed by atoms with Crippen molar-refractivity contribution in [3.63, 3.8) is 0 Å². The molecule has 2 rings (SSSR count). The standard InChI is InChI=1S/C17H21NO6/c1-4-24-17(21)8-7-12(10-15(17)23-3)18-16(20)11-5-6-13(19)14(9-11)22-2/h5-10,15,19,21H,4H2,1-3H3,(H,18,20). The summed E-state index contributed by atoms with van der Waals surface area (Å²) >= 11 is 0. The molecule has 1 amide bonds. The lowest BCUT2D eigenvalue weighted by Gasteiger charge is -2.33. The molecule has 130 valence electrons. The van der Waals surface area contributed by atoms with Gasteiger partial charge in [0.2, 0.25) is 5.79 Å². The SMILES string of the molecule is CCOC1(O)C=CC(NC(=O)c2ccc(O)c(OC)c2)=CC1OC. The second-order valence-electron chi connectivity index (χ2n) is 5.14. The molecule has 3 N–H and O–H groups in total. The highest BCUT2D eigenvalue weighted by Gasteiger charge is 2.36. The summed E-state index contributed by atoms with van der Waals surface area (Å²) in [7, 11) is 2.84. The van der Waals surface area contributed by atoms with Gasteiger partial charge in [0.15, 0.2) is 11.5 Å². The highest BCUT2D eigenvalue weighted by atomic mass is 16.6. The number of amides is 1. The minimum Gasteiger partial charge on any atom is -0.504 e. The Bertz CT molecular complexity index is 669. The van der Waals surface area contributed by atoms with Gasteiger partial charge in [-0.3, -0.25) is 4.79 Å². The van der Waals surface area contributed by atoms with E-state index in [1.165, 1.54) is 38.5 Å². The molecule has 1 aliphatic carbocycles.